The van der Waals surface area contributed by atoms with Gasteiger partial charge in [-0.15, -0.1) is 0 Å². The zero-order valence-electron chi connectivity index (χ0n) is 8.23. The van der Waals surface area contributed by atoms with E-state index < -0.39 is 0 Å². The lowest BCUT2D eigenvalue weighted by Gasteiger charge is -2.36. The van der Waals surface area contributed by atoms with Crippen LogP contribution in [0.1, 0.15) is 19.8 Å². The summed E-state index contributed by atoms with van der Waals surface area (Å²) in [6.45, 7) is 2.43. The fourth-order valence-corrected chi connectivity index (χ4v) is 3.02. The van der Waals surface area contributed by atoms with Crippen LogP contribution in [-0.2, 0) is 4.79 Å². The first-order valence-corrected chi connectivity index (χ1v) is 5.01. The summed E-state index contributed by atoms with van der Waals surface area (Å²) >= 11 is 0. The van der Waals surface area contributed by atoms with E-state index in [1.54, 1.807) is 0 Å². The Balaban J connectivity index is 2.24. The van der Waals surface area contributed by atoms with Crippen molar-refractivity contribution in [3.8, 4) is 0 Å². The number of nitrogens with zero attached hydrogens (tertiary/aromatic N) is 1. The number of piperidine rings is 1. The van der Waals surface area contributed by atoms with Gasteiger partial charge in [0.25, 0.3) is 0 Å². The van der Waals surface area contributed by atoms with Crippen LogP contribution in [-0.4, -0.2) is 35.6 Å². The van der Waals surface area contributed by atoms with E-state index in [1.165, 1.54) is 0 Å². The molecule has 0 spiro atoms. The summed E-state index contributed by atoms with van der Waals surface area (Å²) < 4.78 is 0. The van der Waals surface area contributed by atoms with Gasteiger partial charge in [0.2, 0.25) is 5.91 Å². The normalized spacial score (nSPS) is 44.2. The molecule has 74 valence electrons. The molecule has 1 N–H and O–H groups in total. The predicted octanol–water partition coefficient (Wildman–Crippen LogP) is 0.482. The summed E-state index contributed by atoms with van der Waals surface area (Å²) in [6.07, 6.45) is 1.71. The van der Waals surface area contributed by atoms with Gasteiger partial charge in [-0.05, 0) is 18.3 Å². The van der Waals surface area contributed by atoms with Crippen LogP contribution in [0, 0.1) is 17.8 Å². The molecule has 2 rings (SSSR count). The third-order valence-corrected chi connectivity index (χ3v) is 3.90. The van der Waals surface area contributed by atoms with E-state index in [2.05, 4.69) is 6.92 Å². The van der Waals surface area contributed by atoms with Gasteiger partial charge in [0.1, 0.15) is 0 Å². The molecule has 4 atom stereocenters. The highest BCUT2D eigenvalue weighted by atomic mass is 16.3. The van der Waals surface area contributed by atoms with Crippen LogP contribution < -0.4 is 0 Å². The molecule has 0 aromatic carbocycles. The quantitative estimate of drug-likeness (QED) is 0.642. The van der Waals surface area contributed by atoms with E-state index >= 15 is 0 Å². The molecule has 3 heteroatoms. The number of aliphatic hydroxyl groups excluding tert-OH is 1. The Morgan fingerprint density at radius 3 is 2.92 bits per heavy atom. The Kier molecular flexibility index (Phi) is 2.06. The van der Waals surface area contributed by atoms with Gasteiger partial charge in [-0.2, -0.15) is 0 Å². The van der Waals surface area contributed by atoms with Crippen LogP contribution in [0.25, 0.3) is 0 Å². The topological polar surface area (TPSA) is 40.5 Å². The van der Waals surface area contributed by atoms with Crippen molar-refractivity contribution >= 4 is 5.91 Å². The molecule has 1 saturated carbocycles. The highest BCUT2D eigenvalue weighted by molar-refractivity contribution is 5.78. The molecule has 1 heterocycles. The lowest BCUT2D eigenvalue weighted by atomic mass is 9.84. The number of carbonyl (C=O) groups excluding carboxylic acids is 1. The minimum Gasteiger partial charge on any atom is -0.396 e. The first kappa shape index (κ1) is 9.00. The monoisotopic (exact) mass is 183 g/mol. The Morgan fingerprint density at radius 1 is 1.62 bits per heavy atom. The lowest BCUT2D eigenvalue weighted by molar-refractivity contribution is -0.138. The second-order valence-electron chi connectivity index (χ2n) is 4.50. The van der Waals surface area contributed by atoms with Crippen molar-refractivity contribution in [1.82, 2.24) is 4.90 Å². The lowest BCUT2D eigenvalue weighted by Crippen LogP contribution is -2.46. The largest absolute Gasteiger partial charge is 0.396 e. The fourth-order valence-electron chi connectivity index (χ4n) is 3.02. The van der Waals surface area contributed by atoms with Crippen LogP contribution in [0.5, 0.6) is 0 Å². The first-order chi connectivity index (χ1) is 6.15. The molecule has 2 aliphatic rings. The van der Waals surface area contributed by atoms with Gasteiger partial charge in [-0.25, -0.2) is 0 Å². The van der Waals surface area contributed by atoms with Crippen molar-refractivity contribution in [1.29, 1.82) is 0 Å². The molecule has 2 fully saturated rings. The first-order valence-electron chi connectivity index (χ1n) is 5.01. The molecular formula is C10H17NO2. The van der Waals surface area contributed by atoms with Gasteiger partial charge >= 0.3 is 0 Å². The van der Waals surface area contributed by atoms with Gasteiger partial charge in [0.05, 0.1) is 0 Å². The third-order valence-electron chi connectivity index (χ3n) is 3.90. The maximum atomic E-state index is 11.5. The maximum Gasteiger partial charge on any atom is 0.222 e. The van der Waals surface area contributed by atoms with Crippen molar-refractivity contribution < 1.29 is 9.90 Å². The molecule has 0 radical (unpaired) electrons. The zero-order valence-corrected chi connectivity index (χ0v) is 8.23. The molecule has 2 bridgehead atoms. The Morgan fingerprint density at radius 2 is 2.31 bits per heavy atom. The number of rotatable bonds is 1. The van der Waals surface area contributed by atoms with E-state index in [1.807, 2.05) is 11.9 Å². The standard InChI is InChI=1S/C10H17NO2/c1-6-3-9-8(5-12)7(6)4-10(13)11(9)2/h6-9,12H,3-5H2,1-2H3/t6-,7?,8+,9+/m1/s1. The van der Waals surface area contributed by atoms with E-state index in [-0.39, 0.29) is 12.5 Å². The molecule has 1 unspecified atom stereocenters. The number of carbonyl (C=O) groups is 1. The number of hydrogen-bond acceptors (Lipinski definition) is 2. The van der Waals surface area contributed by atoms with Gasteiger partial charge in [0.15, 0.2) is 0 Å². The molecule has 1 saturated heterocycles. The van der Waals surface area contributed by atoms with E-state index in [9.17, 15) is 9.90 Å². The number of aliphatic hydroxyl groups is 1. The Bertz CT molecular complexity index is 229. The fraction of sp³-hybridized carbons (Fsp3) is 0.900. The second-order valence-corrected chi connectivity index (χ2v) is 4.50. The SMILES string of the molecule is C[C@@H]1C[C@H]2[C@@H](CO)C1CC(=O)N2C. The summed E-state index contributed by atoms with van der Waals surface area (Å²) in [5.41, 5.74) is 0. The summed E-state index contributed by atoms with van der Waals surface area (Å²) in [7, 11) is 1.86. The van der Waals surface area contributed by atoms with Crippen LogP contribution >= 0.6 is 0 Å². The average molecular weight is 183 g/mol. The van der Waals surface area contributed by atoms with E-state index in [4.69, 9.17) is 0 Å². The maximum absolute atomic E-state index is 11.5. The van der Waals surface area contributed by atoms with Crippen molar-refractivity contribution in [3.05, 3.63) is 0 Å². The predicted molar refractivity (Wildman–Crippen MR) is 49.0 cm³/mol. The molecule has 13 heavy (non-hydrogen) atoms. The Labute approximate surface area is 78.7 Å². The summed E-state index contributed by atoms with van der Waals surface area (Å²) in [6, 6.07) is 0.297. The number of hydrogen-bond donors (Lipinski definition) is 1. The van der Waals surface area contributed by atoms with Crippen molar-refractivity contribution in [2.24, 2.45) is 17.8 Å². The summed E-state index contributed by atoms with van der Waals surface area (Å²) in [4.78, 5) is 13.3. The van der Waals surface area contributed by atoms with Gasteiger partial charge in [0, 0.05) is 32.0 Å². The molecule has 1 aliphatic heterocycles. The molecule has 1 amide bonds. The highest BCUT2D eigenvalue weighted by Gasteiger charge is 2.48. The van der Waals surface area contributed by atoms with Crippen molar-refractivity contribution in [2.45, 2.75) is 25.8 Å². The molecular weight excluding hydrogens is 166 g/mol. The van der Waals surface area contributed by atoms with Crippen LogP contribution in [0.2, 0.25) is 0 Å². The van der Waals surface area contributed by atoms with Gasteiger partial charge in [-0.3, -0.25) is 4.79 Å². The van der Waals surface area contributed by atoms with Crippen LogP contribution in [0.3, 0.4) is 0 Å². The summed E-state index contributed by atoms with van der Waals surface area (Å²) in [5, 5.41) is 9.26. The summed E-state index contributed by atoms with van der Waals surface area (Å²) in [5.74, 6) is 1.61. The van der Waals surface area contributed by atoms with Gasteiger partial charge < -0.3 is 10.0 Å². The van der Waals surface area contributed by atoms with Crippen molar-refractivity contribution in [2.75, 3.05) is 13.7 Å². The molecule has 0 aromatic rings. The number of amides is 1. The number of likely N-dealkylation sites (tertiary alicyclic amines) is 1. The van der Waals surface area contributed by atoms with Crippen LogP contribution in [0.4, 0.5) is 0 Å². The van der Waals surface area contributed by atoms with E-state index in [0.717, 1.165) is 6.42 Å². The highest BCUT2D eigenvalue weighted by Crippen LogP contribution is 2.44. The minimum absolute atomic E-state index is 0.233. The molecule has 3 nitrogen and oxygen atoms in total. The average Bonchev–Trinajstić information content (AvgIpc) is 2.36. The minimum atomic E-state index is 0.233. The smallest absolute Gasteiger partial charge is 0.222 e. The molecule has 1 aliphatic carbocycles. The second kappa shape index (κ2) is 2.98. The van der Waals surface area contributed by atoms with E-state index in [0.29, 0.717) is 30.2 Å². The van der Waals surface area contributed by atoms with Crippen molar-refractivity contribution in [3.63, 3.8) is 0 Å². The number of fused-ring (bicyclic) bond motifs is 2. The van der Waals surface area contributed by atoms with Gasteiger partial charge in [-0.1, -0.05) is 6.92 Å². The van der Waals surface area contributed by atoms with Crippen LogP contribution in [0.15, 0.2) is 0 Å². The third kappa shape index (κ3) is 1.17. The zero-order chi connectivity index (χ0) is 9.59. The molecule has 0 aromatic heterocycles. The Hall–Kier alpha value is -0.570.